The summed E-state index contributed by atoms with van der Waals surface area (Å²) in [5.74, 6) is 0.972. The van der Waals surface area contributed by atoms with E-state index in [1.165, 1.54) is 44.2 Å². The molecule has 0 radical (unpaired) electrons. The third-order valence-electron chi connectivity index (χ3n) is 4.51. The average molecular weight is 332 g/mol. The van der Waals surface area contributed by atoms with E-state index in [1.54, 1.807) is 0 Å². The van der Waals surface area contributed by atoms with Gasteiger partial charge in [-0.15, -0.1) is 0 Å². The molecule has 0 fully saturated rings. The summed E-state index contributed by atoms with van der Waals surface area (Å²) in [4.78, 5) is 10.6. The van der Waals surface area contributed by atoms with Crippen LogP contribution in [-0.2, 0) is 6.42 Å². The number of hydrogen-bond donors (Lipinski definition) is 2. The molecule has 0 saturated carbocycles. The first kappa shape index (κ1) is 18.8. The molecule has 0 bridgehead atoms. The number of aryl methyl sites for hydroxylation is 1. The highest BCUT2D eigenvalue weighted by molar-refractivity contribution is 5.79. The number of imidazole rings is 1. The molecule has 0 aliphatic rings. The predicted molar refractivity (Wildman–Crippen MR) is 103 cm³/mol. The van der Waals surface area contributed by atoms with E-state index in [0.717, 1.165) is 42.8 Å². The summed E-state index contributed by atoms with van der Waals surface area (Å²) in [5.41, 5.74) is 3.43. The lowest BCUT2D eigenvalue weighted by molar-refractivity contribution is 0.287. The Bertz CT molecular complexity index is 584. The van der Waals surface area contributed by atoms with E-state index >= 15 is 0 Å². The van der Waals surface area contributed by atoms with Crippen LogP contribution in [0.25, 0.3) is 11.0 Å². The Morgan fingerprint density at radius 3 is 2.33 bits per heavy atom. The Morgan fingerprint density at radius 2 is 1.71 bits per heavy atom. The number of hydrogen-bond acceptors (Lipinski definition) is 3. The highest BCUT2D eigenvalue weighted by Gasteiger charge is 2.09. The maximum atomic E-state index is 8.98. The minimum absolute atomic E-state index is 0.213. The standard InChI is InChI=1S/C20H33N3O/c1-3-5-7-13-23(14-8-6-4-2)17-11-12-18-19(16-17)22-20(21-18)10-9-15-24/h11-12,16,24H,3-10,13-15H2,1-2H3,(H,21,22). The maximum absolute atomic E-state index is 8.98. The van der Waals surface area contributed by atoms with Gasteiger partial charge in [0.2, 0.25) is 0 Å². The van der Waals surface area contributed by atoms with Crippen molar-refractivity contribution < 1.29 is 5.11 Å². The van der Waals surface area contributed by atoms with Crippen LogP contribution >= 0.6 is 0 Å². The van der Waals surface area contributed by atoms with E-state index < -0.39 is 0 Å². The molecule has 0 unspecified atom stereocenters. The summed E-state index contributed by atoms with van der Waals surface area (Å²) in [6, 6.07) is 6.57. The smallest absolute Gasteiger partial charge is 0.107 e. The number of nitrogens with one attached hydrogen (secondary N) is 1. The van der Waals surface area contributed by atoms with Crippen LogP contribution in [-0.4, -0.2) is 34.8 Å². The highest BCUT2D eigenvalue weighted by atomic mass is 16.2. The van der Waals surface area contributed by atoms with E-state index in [-0.39, 0.29) is 6.61 Å². The largest absolute Gasteiger partial charge is 0.396 e. The first-order valence-corrected chi connectivity index (χ1v) is 9.63. The quantitative estimate of drug-likeness (QED) is 0.555. The zero-order valence-corrected chi connectivity index (χ0v) is 15.4. The lowest BCUT2D eigenvalue weighted by Gasteiger charge is -2.25. The first-order chi connectivity index (χ1) is 11.8. The summed E-state index contributed by atoms with van der Waals surface area (Å²) in [6.45, 7) is 6.99. The van der Waals surface area contributed by atoms with Crippen molar-refractivity contribution in [2.75, 3.05) is 24.6 Å². The van der Waals surface area contributed by atoms with E-state index in [9.17, 15) is 0 Å². The summed E-state index contributed by atoms with van der Waals surface area (Å²) in [7, 11) is 0. The van der Waals surface area contributed by atoms with Crippen molar-refractivity contribution in [1.82, 2.24) is 9.97 Å². The number of aromatic nitrogens is 2. The molecule has 0 spiro atoms. The number of aliphatic hydroxyl groups excluding tert-OH is 1. The molecule has 2 aromatic rings. The van der Waals surface area contributed by atoms with E-state index in [4.69, 9.17) is 5.11 Å². The van der Waals surface area contributed by atoms with Crippen molar-refractivity contribution in [1.29, 1.82) is 0 Å². The molecule has 1 aromatic carbocycles. The molecule has 24 heavy (non-hydrogen) atoms. The minimum atomic E-state index is 0.213. The number of aromatic amines is 1. The van der Waals surface area contributed by atoms with Crippen molar-refractivity contribution in [2.24, 2.45) is 0 Å². The Labute approximate surface area is 146 Å². The van der Waals surface area contributed by atoms with E-state index in [0.29, 0.717) is 0 Å². The molecule has 0 amide bonds. The molecular formula is C20H33N3O. The number of unbranched alkanes of at least 4 members (excludes halogenated alkanes) is 4. The third kappa shape index (κ3) is 5.52. The summed E-state index contributed by atoms with van der Waals surface area (Å²) < 4.78 is 0. The fourth-order valence-corrected chi connectivity index (χ4v) is 3.09. The highest BCUT2D eigenvalue weighted by Crippen LogP contribution is 2.22. The fraction of sp³-hybridized carbons (Fsp3) is 0.650. The van der Waals surface area contributed by atoms with Gasteiger partial charge in [-0.3, -0.25) is 0 Å². The van der Waals surface area contributed by atoms with Crippen LogP contribution in [0.1, 0.15) is 64.6 Å². The van der Waals surface area contributed by atoms with E-state index in [1.807, 2.05) is 0 Å². The Hall–Kier alpha value is -1.55. The van der Waals surface area contributed by atoms with Gasteiger partial charge >= 0.3 is 0 Å². The van der Waals surface area contributed by atoms with Crippen LogP contribution in [0.5, 0.6) is 0 Å². The van der Waals surface area contributed by atoms with Gasteiger partial charge in [0.1, 0.15) is 5.82 Å². The van der Waals surface area contributed by atoms with Crippen LogP contribution in [0.15, 0.2) is 18.2 Å². The van der Waals surface area contributed by atoms with Gasteiger partial charge in [-0.2, -0.15) is 0 Å². The van der Waals surface area contributed by atoms with Crippen molar-refractivity contribution in [3.05, 3.63) is 24.0 Å². The lowest BCUT2D eigenvalue weighted by atomic mass is 10.2. The van der Waals surface area contributed by atoms with Gasteiger partial charge in [0.05, 0.1) is 11.0 Å². The zero-order valence-electron chi connectivity index (χ0n) is 15.4. The number of benzene rings is 1. The van der Waals surface area contributed by atoms with Gasteiger partial charge in [-0.05, 0) is 37.5 Å². The SMILES string of the molecule is CCCCCN(CCCCC)c1ccc2nc(CCCO)[nH]c2c1. The van der Waals surface area contributed by atoms with Gasteiger partial charge in [0, 0.05) is 31.8 Å². The van der Waals surface area contributed by atoms with Crippen LogP contribution < -0.4 is 4.90 Å². The number of H-pyrrole nitrogens is 1. The van der Waals surface area contributed by atoms with Crippen LogP contribution in [0.2, 0.25) is 0 Å². The molecule has 134 valence electrons. The average Bonchev–Trinajstić information content (AvgIpc) is 3.00. The molecule has 4 nitrogen and oxygen atoms in total. The Balaban J connectivity index is 2.11. The molecule has 0 atom stereocenters. The second-order valence-corrected chi connectivity index (χ2v) is 6.61. The van der Waals surface area contributed by atoms with Gasteiger partial charge in [0.15, 0.2) is 0 Å². The number of nitrogens with zero attached hydrogens (tertiary/aromatic N) is 2. The molecule has 2 N–H and O–H groups in total. The van der Waals surface area contributed by atoms with Crippen molar-refractivity contribution in [3.8, 4) is 0 Å². The summed E-state index contributed by atoms with van der Waals surface area (Å²) >= 11 is 0. The van der Waals surface area contributed by atoms with Gasteiger partial charge < -0.3 is 15.0 Å². The zero-order chi connectivity index (χ0) is 17.2. The molecule has 0 saturated heterocycles. The number of aliphatic hydroxyl groups is 1. The molecule has 2 rings (SSSR count). The lowest BCUT2D eigenvalue weighted by Crippen LogP contribution is -2.25. The van der Waals surface area contributed by atoms with Crippen LogP contribution in [0.4, 0.5) is 5.69 Å². The second-order valence-electron chi connectivity index (χ2n) is 6.61. The topological polar surface area (TPSA) is 52.1 Å². The third-order valence-corrected chi connectivity index (χ3v) is 4.51. The number of rotatable bonds is 12. The fourth-order valence-electron chi connectivity index (χ4n) is 3.09. The van der Waals surface area contributed by atoms with Gasteiger partial charge in [-0.25, -0.2) is 4.98 Å². The second kappa shape index (κ2) is 10.3. The molecule has 0 aliphatic carbocycles. The predicted octanol–water partition coefficient (Wildman–Crippen LogP) is 4.67. The Kier molecular flexibility index (Phi) is 8.10. The normalized spacial score (nSPS) is 11.3. The minimum Gasteiger partial charge on any atom is -0.396 e. The molecule has 1 heterocycles. The van der Waals surface area contributed by atoms with Crippen LogP contribution in [0, 0.1) is 0 Å². The Morgan fingerprint density at radius 1 is 1.00 bits per heavy atom. The monoisotopic (exact) mass is 331 g/mol. The number of fused-ring (bicyclic) bond motifs is 1. The van der Waals surface area contributed by atoms with Gasteiger partial charge in [-0.1, -0.05) is 39.5 Å². The summed E-state index contributed by atoms with van der Waals surface area (Å²) in [5, 5.41) is 8.98. The van der Waals surface area contributed by atoms with Gasteiger partial charge in [0.25, 0.3) is 0 Å². The van der Waals surface area contributed by atoms with Crippen molar-refractivity contribution in [3.63, 3.8) is 0 Å². The molecule has 1 aromatic heterocycles. The van der Waals surface area contributed by atoms with Crippen molar-refractivity contribution >= 4 is 16.7 Å². The van der Waals surface area contributed by atoms with Crippen LogP contribution in [0.3, 0.4) is 0 Å². The first-order valence-electron chi connectivity index (χ1n) is 9.63. The van der Waals surface area contributed by atoms with Crippen molar-refractivity contribution in [2.45, 2.75) is 65.2 Å². The molecule has 0 aliphatic heterocycles. The molecule has 4 heteroatoms. The maximum Gasteiger partial charge on any atom is 0.107 e. The summed E-state index contributed by atoms with van der Waals surface area (Å²) in [6.07, 6.45) is 9.18. The van der Waals surface area contributed by atoms with E-state index in [2.05, 4.69) is 46.9 Å². The number of anilines is 1. The molecular weight excluding hydrogens is 298 g/mol.